The number of aromatic hydroxyl groups is 1. The lowest BCUT2D eigenvalue weighted by atomic mass is 10.1. The minimum Gasteiger partial charge on any atom is -0.508 e. The fourth-order valence-electron chi connectivity index (χ4n) is 1.95. The van der Waals surface area contributed by atoms with E-state index in [0.717, 1.165) is 22.4 Å². The van der Waals surface area contributed by atoms with Gasteiger partial charge in [-0.3, -0.25) is 4.79 Å². The van der Waals surface area contributed by atoms with Crippen molar-refractivity contribution >= 4 is 17.3 Å². The van der Waals surface area contributed by atoms with E-state index in [2.05, 4.69) is 5.32 Å². The van der Waals surface area contributed by atoms with Crippen LogP contribution in [0.25, 0.3) is 0 Å². The number of anilines is 2. The number of phenolic OH excluding ortho intramolecular Hbond substituents is 1. The molecule has 104 valence electrons. The maximum atomic E-state index is 12.0. The van der Waals surface area contributed by atoms with E-state index in [4.69, 9.17) is 5.73 Å². The lowest BCUT2D eigenvalue weighted by Crippen LogP contribution is -2.15. The molecule has 0 unspecified atom stereocenters. The van der Waals surface area contributed by atoms with Crippen molar-refractivity contribution in [3.8, 4) is 5.75 Å². The van der Waals surface area contributed by atoms with Crippen LogP contribution in [0.5, 0.6) is 5.75 Å². The molecule has 0 aliphatic heterocycles. The molecule has 0 fully saturated rings. The lowest BCUT2D eigenvalue weighted by molar-refractivity contribution is -0.115. The highest BCUT2D eigenvalue weighted by atomic mass is 16.3. The molecule has 2 rings (SSSR count). The number of nitrogens with two attached hydrogens (primary N) is 1. The highest BCUT2D eigenvalue weighted by molar-refractivity contribution is 5.93. The predicted octanol–water partition coefficient (Wildman–Crippen LogP) is 2.77. The third-order valence-corrected chi connectivity index (χ3v) is 3.16. The van der Waals surface area contributed by atoms with Crippen molar-refractivity contribution in [3.63, 3.8) is 0 Å². The van der Waals surface area contributed by atoms with Crippen LogP contribution in [0, 0.1) is 13.8 Å². The van der Waals surface area contributed by atoms with E-state index in [9.17, 15) is 9.90 Å². The molecule has 0 aliphatic carbocycles. The molecule has 0 saturated heterocycles. The first-order valence-corrected chi connectivity index (χ1v) is 6.40. The Labute approximate surface area is 118 Å². The molecular weight excluding hydrogens is 252 g/mol. The van der Waals surface area contributed by atoms with Crippen LogP contribution >= 0.6 is 0 Å². The normalized spacial score (nSPS) is 10.3. The molecule has 2 aromatic carbocycles. The first kappa shape index (κ1) is 13.9. The number of rotatable bonds is 3. The molecule has 0 heterocycles. The summed E-state index contributed by atoms with van der Waals surface area (Å²) in [4.78, 5) is 12.0. The van der Waals surface area contributed by atoms with Crippen molar-refractivity contribution in [3.05, 3.63) is 53.1 Å². The zero-order valence-electron chi connectivity index (χ0n) is 11.6. The van der Waals surface area contributed by atoms with Gasteiger partial charge in [0.2, 0.25) is 5.91 Å². The van der Waals surface area contributed by atoms with Gasteiger partial charge < -0.3 is 16.2 Å². The predicted molar refractivity (Wildman–Crippen MR) is 80.8 cm³/mol. The number of nitrogens with one attached hydrogen (secondary N) is 1. The van der Waals surface area contributed by atoms with Gasteiger partial charge in [-0.05, 0) is 54.8 Å². The van der Waals surface area contributed by atoms with Gasteiger partial charge in [0.25, 0.3) is 0 Å². The molecule has 0 aromatic heterocycles. The largest absolute Gasteiger partial charge is 0.508 e. The number of nitrogen functional groups attached to an aromatic ring is 1. The summed E-state index contributed by atoms with van der Waals surface area (Å²) in [6.07, 6.45) is 0.291. The third-order valence-electron chi connectivity index (χ3n) is 3.16. The zero-order chi connectivity index (χ0) is 14.7. The molecule has 2 aromatic rings. The number of benzene rings is 2. The van der Waals surface area contributed by atoms with E-state index in [1.54, 1.807) is 31.2 Å². The summed E-state index contributed by atoms with van der Waals surface area (Å²) in [7, 11) is 0. The molecule has 0 spiro atoms. The van der Waals surface area contributed by atoms with E-state index in [-0.39, 0.29) is 11.7 Å². The second-order valence-electron chi connectivity index (χ2n) is 4.92. The fourth-order valence-corrected chi connectivity index (χ4v) is 1.95. The van der Waals surface area contributed by atoms with Crippen LogP contribution in [-0.4, -0.2) is 11.0 Å². The molecular formula is C16H18N2O2. The molecule has 20 heavy (non-hydrogen) atoms. The average molecular weight is 270 g/mol. The Morgan fingerprint density at radius 2 is 1.80 bits per heavy atom. The maximum absolute atomic E-state index is 12.0. The second kappa shape index (κ2) is 5.65. The smallest absolute Gasteiger partial charge is 0.228 e. The van der Waals surface area contributed by atoms with E-state index in [1.165, 1.54) is 0 Å². The van der Waals surface area contributed by atoms with Crippen molar-refractivity contribution < 1.29 is 9.90 Å². The molecule has 4 heteroatoms. The van der Waals surface area contributed by atoms with Crippen molar-refractivity contribution in [2.75, 3.05) is 11.1 Å². The summed E-state index contributed by atoms with van der Waals surface area (Å²) < 4.78 is 0. The molecule has 4 nitrogen and oxygen atoms in total. The molecule has 0 radical (unpaired) electrons. The van der Waals surface area contributed by atoms with Crippen molar-refractivity contribution in [1.82, 2.24) is 0 Å². The minimum absolute atomic E-state index is 0.0945. The Morgan fingerprint density at radius 3 is 2.45 bits per heavy atom. The Morgan fingerprint density at radius 1 is 1.15 bits per heavy atom. The van der Waals surface area contributed by atoms with Gasteiger partial charge in [-0.2, -0.15) is 0 Å². The zero-order valence-corrected chi connectivity index (χ0v) is 11.6. The Kier molecular flexibility index (Phi) is 3.94. The van der Waals surface area contributed by atoms with E-state index in [1.807, 2.05) is 19.1 Å². The van der Waals surface area contributed by atoms with Crippen molar-refractivity contribution in [1.29, 1.82) is 0 Å². The number of hydrogen-bond acceptors (Lipinski definition) is 3. The average Bonchev–Trinajstić information content (AvgIpc) is 2.39. The van der Waals surface area contributed by atoms with Gasteiger partial charge in [0.05, 0.1) is 6.42 Å². The van der Waals surface area contributed by atoms with Crippen LogP contribution in [0.3, 0.4) is 0 Å². The van der Waals surface area contributed by atoms with E-state index in [0.29, 0.717) is 12.1 Å². The van der Waals surface area contributed by atoms with Crippen LogP contribution in [0.2, 0.25) is 0 Å². The maximum Gasteiger partial charge on any atom is 0.228 e. The summed E-state index contributed by atoms with van der Waals surface area (Å²) >= 11 is 0. The first-order chi connectivity index (χ1) is 9.45. The highest BCUT2D eigenvalue weighted by Crippen LogP contribution is 2.25. The standard InChI is InChI=1S/C16H18N2O2/c1-10-8-15(19)11(2)7-14(10)18-16(20)9-12-3-5-13(17)6-4-12/h3-8,19H,9,17H2,1-2H3,(H,18,20). The highest BCUT2D eigenvalue weighted by Gasteiger charge is 2.08. The Bertz CT molecular complexity index is 634. The van der Waals surface area contributed by atoms with Gasteiger partial charge in [0.1, 0.15) is 5.75 Å². The molecule has 1 amide bonds. The second-order valence-corrected chi connectivity index (χ2v) is 4.92. The van der Waals surface area contributed by atoms with Crippen LogP contribution < -0.4 is 11.1 Å². The molecule has 0 bridgehead atoms. The number of amides is 1. The number of carbonyl (C=O) groups excluding carboxylic acids is 1. The summed E-state index contributed by atoms with van der Waals surface area (Å²) in [5, 5.41) is 12.5. The summed E-state index contributed by atoms with van der Waals surface area (Å²) in [6.45, 7) is 3.64. The van der Waals surface area contributed by atoms with Crippen molar-refractivity contribution in [2.45, 2.75) is 20.3 Å². The van der Waals surface area contributed by atoms with Gasteiger partial charge in [-0.25, -0.2) is 0 Å². The lowest BCUT2D eigenvalue weighted by Gasteiger charge is -2.11. The summed E-state index contributed by atoms with van der Waals surface area (Å²) in [6, 6.07) is 10.6. The summed E-state index contributed by atoms with van der Waals surface area (Å²) in [5.41, 5.74) is 9.48. The van der Waals surface area contributed by atoms with Crippen molar-refractivity contribution in [2.24, 2.45) is 0 Å². The van der Waals surface area contributed by atoms with Gasteiger partial charge in [0, 0.05) is 11.4 Å². The Hall–Kier alpha value is -2.49. The van der Waals surface area contributed by atoms with Crippen LogP contribution in [0.4, 0.5) is 11.4 Å². The molecule has 4 N–H and O–H groups in total. The van der Waals surface area contributed by atoms with Gasteiger partial charge in [0.15, 0.2) is 0 Å². The van der Waals surface area contributed by atoms with E-state index >= 15 is 0 Å². The molecule has 0 atom stereocenters. The van der Waals surface area contributed by atoms with Gasteiger partial charge in [-0.1, -0.05) is 12.1 Å². The van der Waals surface area contributed by atoms with Crippen LogP contribution in [0.15, 0.2) is 36.4 Å². The minimum atomic E-state index is -0.0945. The number of aryl methyl sites for hydroxylation is 2. The van der Waals surface area contributed by atoms with Crippen LogP contribution in [0.1, 0.15) is 16.7 Å². The van der Waals surface area contributed by atoms with E-state index < -0.39 is 0 Å². The third kappa shape index (κ3) is 3.29. The first-order valence-electron chi connectivity index (χ1n) is 6.40. The number of hydrogen-bond donors (Lipinski definition) is 3. The van der Waals surface area contributed by atoms with Gasteiger partial charge >= 0.3 is 0 Å². The SMILES string of the molecule is Cc1cc(NC(=O)Cc2ccc(N)cc2)c(C)cc1O. The number of carbonyl (C=O) groups is 1. The molecule has 0 aliphatic rings. The topological polar surface area (TPSA) is 75.4 Å². The Balaban J connectivity index is 2.08. The van der Waals surface area contributed by atoms with Gasteiger partial charge in [-0.15, -0.1) is 0 Å². The molecule has 0 saturated carbocycles. The number of phenols is 1. The summed E-state index contributed by atoms with van der Waals surface area (Å²) in [5.74, 6) is 0.141. The van der Waals surface area contributed by atoms with Crippen LogP contribution in [-0.2, 0) is 11.2 Å². The quantitative estimate of drug-likeness (QED) is 0.593. The fraction of sp³-hybridized carbons (Fsp3) is 0.188. The monoisotopic (exact) mass is 270 g/mol.